The number of amides is 1. The Hall–Kier alpha value is -2.70. The minimum Gasteiger partial charge on any atom is -0.444 e. The summed E-state index contributed by atoms with van der Waals surface area (Å²) in [5.74, 6) is -0.232. The molecule has 7 heteroatoms. The molecule has 1 aromatic carbocycles. The number of carbonyl (C=O) groups excluding carboxylic acids is 2. The highest BCUT2D eigenvalue weighted by molar-refractivity contribution is 5.87. The molecule has 7 nitrogen and oxygen atoms in total. The van der Waals surface area contributed by atoms with E-state index < -0.39 is 22.7 Å². The van der Waals surface area contributed by atoms with Crippen molar-refractivity contribution in [3.8, 4) is 0 Å². The van der Waals surface area contributed by atoms with Crippen molar-refractivity contribution < 1.29 is 19.2 Å². The summed E-state index contributed by atoms with van der Waals surface area (Å²) in [6.45, 7) is 8.77. The lowest BCUT2D eigenvalue weighted by molar-refractivity contribution is -0.385. The average Bonchev–Trinajstić information content (AvgIpc) is 2.50. The number of nitrogens with zero attached hydrogens (tertiary/aromatic N) is 1. The van der Waals surface area contributed by atoms with Crippen LogP contribution in [-0.2, 0) is 16.0 Å². The van der Waals surface area contributed by atoms with Gasteiger partial charge in [-0.15, -0.1) is 6.58 Å². The van der Waals surface area contributed by atoms with Crippen molar-refractivity contribution in [2.75, 3.05) is 0 Å². The molecular formula is C18H24N2O5. The maximum absolute atomic E-state index is 12.4. The first-order valence-electron chi connectivity index (χ1n) is 7.99. The highest BCUT2D eigenvalue weighted by Gasteiger charge is 2.24. The smallest absolute Gasteiger partial charge is 0.408 e. The Kier molecular flexibility index (Phi) is 7.29. The Balaban J connectivity index is 2.73. The predicted molar refractivity (Wildman–Crippen MR) is 94.4 cm³/mol. The summed E-state index contributed by atoms with van der Waals surface area (Å²) >= 11 is 0. The lowest BCUT2D eigenvalue weighted by Crippen LogP contribution is -2.43. The highest BCUT2D eigenvalue weighted by atomic mass is 16.6. The number of ketones is 1. The highest BCUT2D eigenvalue weighted by Crippen LogP contribution is 2.19. The summed E-state index contributed by atoms with van der Waals surface area (Å²) in [6.07, 6.45) is 1.40. The van der Waals surface area contributed by atoms with Gasteiger partial charge in [-0.25, -0.2) is 4.79 Å². The topological polar surface area (TPSA) is 98.5 Å². The number of hydrogen-bond donors (Lipinski definition) is 1. The molecule has 0 saturated heterocycles. The summed E-state index contributed by atoms with van der Waals surface area (Å²) in [6, 6.07) is 5.52. The molecule has 1 atom stereocenters. The Morgan fingerprint density at radius 3 is 2.56 bits per heavy atom. The number of nitro groups is 1. The minimum atomic E-state index is -0.768. The zero-order valence-corrected chi connectivity index (χ0v) is 14.8. The Morgan fingerprint density at radius 2 is 2.00 bits per heavy atom. The van der Waals surface area contributed by atoms with Crippen LogP contribution in [0, 0.1) is 10.1 Å². The van der Waals surface area contributed by atoms with E-state index in [0.29, 0.717) is 5.56 Å². The fraction of sp³-hybridized carbons (Fsp3) is 0.444. The van der Waals surface area contributed by atoms with Gasteiger partial charge in [-0.1, -0.05) is 24.3 Å². The third-order valence-electron chi connectivity index (χ3n) is 3.31. The van der Waals surface area contributed by atoms with Crippen LogP contribution < -0.4 is 5.32 Å². The zero-order chi connectivity index (χ0) is 19.0. The number of rotatable bonds is 8. The zero-order valence-electron chi connectivity index (χ0n) is 14.8. The van der Waals surface area contributed by atoms with E-state index in [2.05, 4.69) is 11.9 Å². The van der Waals surface area contributed by atoms with Gasteiger partial charge in [-0.3, -0.25) is 14.9 Å². The van der Waals surface area contributed by atoms with Gasteiger partial charge in [0, 0.05) is 18.1 Å². The van der Waals surface area contributed by atoms with Gasteiger partial charge >= 0.3 is 6.09 Å². The van der Waals surface area contributed by atoms with Gasteiger partial charge < -0.3 is 10.1 Å². The molecule has 0 aromatic heterocycles. The maximum Gasteiger partial charge on any atom is 0.408 e. The molecule has 0 bridgehead atoms. The molecule has 1 N–H and O–H groups in total. The molecule has 1 rings (SSSR count). The second-order valence-electron chi connectivity index (χ2n) is 6.58. The molecule has 136 valence electrons. The number of ether oxygens (including phenoxy) is 1. The lowest BCUT2D eigenvalue weighted by Gasteiger charge is -2.22. The van der Waals surface area contributed by atoms with E-state index >= 15 is 0 Å². The van der Waals surface area contributed by atoms with E-state index in [-0.39, 0.29) is 30.7 Å². The van der Waals surface area contributed by atoms with Gasteiger partial charge in [-0.2, -0.15) is 0 Å². The van der Waals surface area contributed by atoms with Gasteiger partial charge in [0.25, 0.3) is 5.69 Å². The van der Waals surface area contributed by atoms with Crippen molar-refractivity contribution >= 4 is 17.6 Å². The lowest BCUT2D eigenvalue weighted by atomic mass is 10.0. The van der Waals surface area contributed by atoms with Gasteiger partial charge in [0.15, 0.2) is 5.78 Å². The number of nitro benzene ring substituents is 1. The van der Waals surface area contributed by atoms with Crippen molar-refractivity contribution in [1.29, 1.82) is 0 Å². The number of para-hydroxylation sites is 1. The number of alkyl carbamates (subject to hydrolysis) is 1. The quantitative estimate of drug-likeness (QED) is 0.440. The van der Waals surface area contributed by atoms with Crippen LogP contribution in [0.15, 0.2) is 36.9 Å². The first-order chi connectivity index (χ1) is 11.6. The number of aryl methyl sites for hydroxylation is 1. The second-order valence-corrected chi connectivity index (χ2v) is 6.58. The SMILES string of the molecule is C=CC[C@H](NC(=O)OC(C)(C)C)C(=O)CCc1ccccc1[N+](=O)[O-]. The number of hydrogen-bond acceptors (Lipinski definition) is 5. The summed E-state index contributed by atoms with van der Waals surface area (Å²) in [7, 11) is 0. The van der Waals surface area contributed by atoms with Crippen molar-refractivity contribution in [2.45, 2.75) is 51.7 Å². The molecule has 0 saturated carbocycles. The van der Waals surface area contributed by atoms with Crippen LogP contribution in [0.5, 0.6) is 0 Å². The molecule has 1 amide bonds. The molecule has 0 radical (unpaired) electrons. The van der Waals surface area contributed by atoms with Crippen molar-refractivity contribution in [2.24, 2.45) is 0 Å². The van der Waals surface area contributed by atoms with Gasteiger partial charge in [-0.05, 0) is 33.6 Å². The monoisotopic (exact) mass is 348 g/mol. The summed E-state index contributed by atoms with van der Waals surface area (Å²) in [4.78, 5) is 34.8. The largest absolute Gasteiger partial charge is 0.444 e. The van der Waals surface area contributed by atoms with E-state index in [1.54, 1.807) is 39.0 Å². The third-order valence-corrected chi connectivity index (χ3v) is 3.31. The number of carbonyl (C=O) groups is 2. The first-order valence-corrected chi connectivity index (χ1v) is 7.99. The maximum atomic E-state index is 12.4. The molecule has 0 unspecified atom stereocenters. The average molecular weight is 348 g/mol. The van der Waals surface area contributed by atoms with E-state index in [0.717, 1.165) is 0 Å². The Labute approximate surface area is 147 Å². The fourth-order valence-electron chi connectivity index (χ4n) is 2.22. The molecular weight excluding hydrogens is 324 g/mol. The van der Waals surface area contributed by atoms with Crippen LogP contribution in [0.3, 0.4) is 0 Å². The van der Waals surface area contributed by atoms with E-state index in [9.17, 15) is 19.7 Å². The summed E-state index contributed by atoms with van der Waals surface area (Å²) < 4.78 is 5.15. The third kappa shape index (κ3) is 7.15. The van der Waals surface area contributed by atoms with E-state index in [4.69, 9.17) is 4.74 Å². The first kappa shape index (κ1) is 20.3. The van der Waals surface area contributed by atoms with Gasteiger partial charge in [0.2, 0.25) is 0 Å². The van der Waals surface area contributed by atoms with Crippen LogP contribution in [0.1, 0.15) is 39.2 Å². The number of benzene rings is 1. The van der Waals surface area contributed by atoms with Crippen LogP contribution >= 0.6 is 0 Å². The molecule has 0 spiro atoms. The van der Waals surface area contributed by atoms with E-state index in [1.807, 2.05) is 0 Å². The van der Waals surface area contributed by atoms with Crippen molar-refractivity contribution in [3.05, 3.63) is 52.6 Å². The normalized spacial score (nSPS) is 12.1. The van der Waals surface area contributed by atoms with Gasteiger partial charge in [0.05, 0.1) is 11.0 Å². The minimum absolute atomic E-state index is 0.0179. The van der Waals surface area contributed by atoms with Crippen molar-refractivity contribution in [1.82, 2.24) is 5.32 Å². The molecule has 1 aromatic rings. The molecule has 0 aliphatic rings. The van der Waals surface area contributed by atoms with Gasteiger partial charge in [0.1, 0.15) is 5.60 Å². The Morgan fingerprint density at radius 1 is 1.36 bits per heavy atom. The standard InChI is InChI=1S/C18H24N2O5/c1-5-8-14(19-17(22)25-18(2,3)4)16(21)12-11-13-9-6-7-10-15(13)20(23)24/h5-7,9-10,14H,1,8,11-12H2,2-4H3,(H,19,22)/t14-/m0/s1. The molecule has 0 fully saturated rings. The summed E-state index contributed by atoms with van der Waals surface area (Å²) in [5.41, 5.74) is -0.206. The fourth-order valence-corrected chi connectivity index (χ4v) is 2.22. The Bertz CT molecular complexity index is 649. The molecule has 0 aliphatic heterocycles. The van der Waals surface area contributed by atoms with Crippen LogP contribution in [0.25, 0.3) is 0 Å². The number of Topliss-reactive ketones (excluding diaryl/α,β-unsaturated/α-hetero) is 1. The summed E-state index contributed by atoms with van der Waals surface area (Å²) in [5, 5.41) is 13.5. The van der Waals surface area contributed by atoms with Crippen molar-refractivity contribution in [3.63, 3.8) is 0 Å². The second kappa shape index (κ2) is 8.96. The van der Waals surface area contributed by atoms with E-state index in [1.165, 1.54) is 12.1 Å². The van der Waals surface area contributed by atoms with Crippen LogP contribution in [-0.4, -0.2) is 28.4 Å². The molecule has 0 heterocycles. The van der Waals surface area contributed by atoms with Crippen LogP contribution in [0.4, 0.5) is 10.5 Å². The predicted octanol–water partition coefficient (Wildman–Crippen LogP) is 3.57. The van der Waals surface area contributed by atoms with Crippen LogP contribution in [0.2, 0.25) is 0 Å². The molecule has 0 aliphatic carbocycles. The number of nitrogens with one attached hydrogen (secondary N) is 1. The molecule has 25 heavy (non-hydrogen) atoms.